The van der Waals surface area contributed by atoms with Crippen molar-refractivity contribution in [3.63, 3.8) is 0 Å². The third-order valence-corrected chi connectivity index (χ3v) is 28.5. The van der Waals surface area contributed by atoms with E-state index in [9.17, 15) is 90.0 Å². The van der Waals surface area contributed by atoms with E-state index in [2.05, 4.69) is 203 Å². The number of carboxylic acids is 6. The molecular formula is C126H204O18. The van der Waals surface area contributed by atoms with Crippen molar-refractivity contribution in [3.8, 4) is 34.5 Å². The van der Waals surface area contributed by atoms with Gasteiger partial charge in [0.15, 0.2) is 11.5 Å². The summed E-state index contributed by atoms with van der Waals surface area (Å²) in [6, 6.07) is 23.1. The number of hydrogen-bond acceptors (Lipinski definition) is 12. The maximum absolute atomic E-state index is 11.3. The highest BCUT2D eigenvalue weighted by atomic mass is 16.4. The maximum atomic E-state index is 11.3. The van der Waals surface area contributed by atoms with Gasteiger partial charge in [-0.1, -0.05) is 167 Å². The number of phenols is 6. The molecule has 0 saturated carbocycles. The van der Waals surface area contributed by atoms with E-state index in [1.807, 2.05) is 41.5 Å². The molecule has 18 heteroatoms. The first-order valence-electron chi connectivity index (χ1n) is 53.8. The number of aliphatic carboxylic acids is 6. The number of carbonyl (C=O) groups is 6. The highest BCUT2D eigenvalue weighted by Gasteiger charge is 2.33. The Balaban J connectivity index is 0.000000864. The van der Waals surface area contributed by atoms with E-state index in [1.54, 1.807) is 59.7 Å². The fraction of sp³-hybridized carbons (Fsp3) is 0.667. The number of aromatic hydroxyl groups is 6. The van der Waals surface area contributed by atoms with Crippen LogP contribution >= 0.6 is 0 Å². The summed E-state index contributed by atoms with van der Waals surface area (Å²) in [6.07, 6.45) is 32.7. The molecule has 0 bridgehead atoms. The topological polar surface area (TPSA) is 345 Å². The van der Waals surface area contributed by atoms with Gasteiger partial charge in [0, 0.05) is 17.2 Å². The predicted molar refractivity (Wildman–Crippen MR) is 598 cm³/mol. The molecule has 0 heterocycles. The van der Waals surface area contributed by atoms with Crippen molar-refractivity contribution in [2.45, 2.75) is 480 Å². The summed E-state index contributed by atoms with van der Waals surface area (Å²) in [5.74, 6) is -4.11. The Kier molecular flexibility index (Phi) is 54.1. The van der Waals surface area contributed by atoms with Crippen molar-refractivity contribution in [2.75, 3.05) is 0 Å². The fourth-order valence-corrected chi connectivity index (χ4v) is 18.0. The first-order valence-corrected chi connectivity index (χ1v) is 53.8. The Morgan fingerprint density at radius 1 is 0.188 bits per heavy atom. The Morgan fingerprint density at radius 3 is 0.653 bits per heavy atom. The van der Waals surface area contributed by atoms with Crippen LogP contribution in [0.5, 0.6) is 34.5 Å². The first-order chi connectivity index (χ1) is 65.6. The molecule has 6 aromatic carbocycles. The first kappa shape index (κ1) is 133. The van der Waals surface area contributed by atoms with Gasteiger partial charge in [0.1, 0.15) is 23.0 Å². The molecule has 0 aromatic heterocycles. The lowest BCUT2D eigenvalue weighted by atomic mass is 9.83. The van der Waals surface area contributed by atoms with Crippen molar-refractivity contribution >= 4 is 35.8 Å². The van der Waals surface area contributed by atoms with E-state index < -0.39 is 68.3 Å². The molecule has 0 radical (unpaired) electrons. The average molecular weight is 2010 g/mol. The van der Waals surface area contributed by atoms with Crippen molar-refractivity contribution in [2.24, 2.45) is 65.0 Å². The van der Waals surface area contributed by atoms with Crippen LogP contribution in [0.1, 0.15) is 462 Å². The van der Waals surface area contributed by atoms with E-state index in [1.165, 1.54) is 123 Å². The number of aryl methyl sites for hydroxylation is 12. The van der Waals surface area contributed by atoms with E-state index in [0.29, 0.717) is 67.6 Å². The molecule has 816 valence electrons. The third kappa shape index (κ3) is 53.0. The van der Waals surface area contributed by atoms with Crippen LogP contribution in [0.3, 0.4) is 0 Å². The molecule has 0 fully saturated rings. The molecule has 6 rings (SSSR count). The number of benzene rings is 6. The van der Waals surface area contributed by atoms with E-state index >= 15 is 0 Å². The van der Waals surface area contributed by atoms with Crippen LogP contribution in [0.2, 0.25) is 0 Å². The second-order valence-corrected chi connectivity index (χ2v) is 53.1. The SMILES string of the molecule is CC(C)(C)CCCc1c(O)cc(O)cc1CCCC(C)(C)C(=O)O.CC(C)(C)CCCc1c(O)ccc(O)c1CCCC(C)(C)C(=O)O.CC(C)(C)CCCc1cc(O)c(O)cc1CCCC(C)(C)C(=O)O.Cc1cc(C)c(CCCC(C)(C)C)c(CCCC(C)(C)C(=O)O)c1.Cc1cc(CCCC(C)(C)C)c(CCCC(C)(C)C(=O)O)cc1C.Cc1ccc(C)c(CCCC(C)(C)C(=O)O)c1CCCC(C)(C)C. The molecule has 6 aromatic rings. The standard InChI is InChI=1S/3C22H36O2.3C20H32O4/c1-16-12-13-17(2)19(11-9-15-22(6,7)20(23)24)18(16)10-8-14-21(3,4)5;1-16-14-17(2)19(11-9-12-21(3,4)5)18(15-16)10-8-13-22(6,7)20(23)24;1-16-14-18(10-8-12-21(3,4)5)19(15-17(16)2)11-9-13-22(6,7)20(23)24;1-19(2,3)12-6-8-14-15(17(22)11-10-16(14)21)9-7-13-20(4,5)18(23)24;1-19(2,3)10-7-9-16-14(12-15(21)13-17(16)22)8-6-11-20(4,5)18(23)24;1-19(2,3)10-6-8-14-12-16(21)17(22)13-15(14)9-7-11-20(4,5)18(23)24/h12-13H,8-11,14-15H2,1-7H3,(H,23,24);2*14-15H,8-13H2,1-7H3,(H,23,24);10-11,21-22H,6-9,12-13H2,1-5H3,(H,23,24);2*12-13,21-22H,6-11H2,1-5H3,(H,23,24). The Morgan fingerprint density at radius 2 is 0.396 bits per heavy atom. The number of rotatable bonds is 48. The number of phenolic OH excluding ortho intramolecular Hbond substituents is 6. The molecule has 0 unspecified atom stereocenters. The molecule has 0 aliphatic rings. The molecule has 0 saturated heterocycles. The van der Waals surface area contributed by atoms with Crippen LogP contribution in [0, 0.1) is 107 Å². The van der Waals surface area contributed by atoms with Crippen LogP contribution in [0.25, 0.3) is 0 Å². The minimum atomic E-state index is -0.812. The van der Waals surface area contributed by atoms with Crippen molar-refractivity contribution in [3.05, 3.63) is 173 Å². The van der Waals surface area contributed by atoms with Crippen LogP contribution in [0.15, 0.2) is 72.8 Å². The summed E-state index contributed by atoms with van der Waals surface area (Å²) >= 11 is 0. The van der Waals surface area contributed by atoms with Gasteiger partial charge in [-0.25, -0.2) is 0 Å². The van der Waals surface area contributed by atoms with E-state index in [0.717, 1.165) is 175 Å². The Bertz CT molecular complexity index is 4690. The smallest absolute Gasteiger partial charge is 0.309 e. The molecule has 0 atom stereocenters. The minimum Gasteiger partial charge on any atom is -0.508 e. The fourth-order valence-electron chi connectivity index (χ4n) is 18.0. The Hall–Kier alpha value is -9.06. The van der Waals surface area contributed by atoms with Crippen molar-refractivity contribution < 1.29 is 90.0 Å². The van der Waals surface area contributed by atoms with Crippen molar-refractivity contribution in [1.82, 2.24) is 0 Å². The summed E-state index contributed by atoms with van der Waals surface area (Å²) in [5.41, 5.74) is 19.9. The van der Waals surface area contributed by atoms with Gasteiger partial charge in [-0.05, 0) is 502 Å². The highest BCUT2D eigenvalue weighted by molar-refractivity contribution is 5.76. The van der Waals surface area contributed by atoms with Gasteiger partial charge >= 0.3 is 35.8 Å². The molecule has 12 N–H and O–H groups in total. The second kappa shape index (κ2) is 58.6. The third-order valence-electron chi connectivity index (χ3n) is 28.5. The van der Waals surface area contributed by atoms with E-state index in [-0.39, 0.29) is 50.7 Å². The minimum absolute atomic E-state index is 0.0552. The van der Waals surface area contributed by atoms with Crippen LogP contribution in [-0.4, -0.2) is 97.1 Å². The van der Waals surface area contributed by atoms with Gasteiger partial charge in [-0.15, -0.1) is 0 Å². The summed E-state index contributed by atoms with van der Waals surface area (Å²) in [5, 5.41) is 115. The van der Waals surface area contributed by atoms with Crippen LogP contribution in [-0.2, 0) is 106 Å². The molecule has 0 amide bonds. The van der Waals surface area contributed by atoms with Crippen LogP contribution in [0.4, 0.5) is 0 Å². The predicted octanol–water partition coefficient (Wildman–Crippen LogP) is 33.0. The summed E-state index contributed by atoms with van der Waals surface area (Å²) in [7, 11) is 0. The zero-order valence-electron chi connectivity index (χ0n) is 97.2. The maximum Gasteiger partial charge on any atom is 0.309 e. The lowest BCUT2D eigenvalue weighted by Gasteiger charge is -2.22. The number of hydrogen-bond donors (Lipinski definition) is 12. The molecule has 18 nitrogen and oxygen atoms in total. The summed E-state index contributed by atoms with van der Waals surface area (Å²) in [6.45, 7) is 74.8. The lowest BCUT2D eigenvalue weighted by molar-refractivity contribution is -0.148. The highest BCUT2D eigenvalue weighted by Crippen LogP contribution is 2.41. The van der Waals surface area contributed by atoms with Gasteiger partial charge in [0.25, 0.3) is 0 Å². The second-order valence-electron chi connectivity index (χ2n) is 53.1. The summed E-state index contributed by atoms with van der Waals surface area (Å²) in [4.78, 5) is 67.4. The van der Waals surface area contributed by atoms with Gasteiger partial charge < -0.3 is 61.3 Å². The Labute approximate surface area is 873 Å². The van der Waals surface area contributed by atoms with Gasteiger partial charge in [0.05, 0.1) is 32.5 Å². The van der Waals surface area contributed by atoms with Gasteiger partial charge in [-0.2, -0.15) is 0 Å². The van der Waals surface area contributed by atoms with E-state index in [4.69, 9.17) is 0 Å². The zero-order valence-corrected chi connectivity index (χ0v) is 97.2. The van der Waals surface area contributed by atoms with Crippen molar-refractivity contribution in [1.29, 1.82) is 0 Å². The van der Waals surface area contributed by atoms with Gasteiger partial charge in [-0.3, -0.25) is 28.8 Å². The van der Waals surface area contributed by atoms with Gasteiger partial charge in [0.2, 0.25) is 0 Å². The largest absolute Gasteiger partial charge is 0.508 e. The normalized spacial score (nSPS) is 12.4. The average Bonchev–Trinajstić information content (AvgIpc) is 0.792. The summed E-state index contributed by atoms with van der Waals surface area (Å²) < 4.78 is 0. The monoisotopic (exact) mass is 2010 g/mol. The quantitative estimate of drug-likeness (QED) is 0.0125. The lowest BCUT2D eigenvalue weighted by Crippen LogP contribution is -2.23. The molecule has 0 aliphatic carbocycles. The molecule has 0 aliphatic heterocycles. The molecular weight excluding hydrogens is 1800 g/mol. The molecule has 0 spiro atoms. The number of carboxylic acid groups (broad SMARTS) is 6. The zero-order chi connectivity index (χ0) is 111. The van der Waals surface area contributed by atoms with Crippen LogP contribution < -0.4 is 0 Å². The molecule has 144 heavy (non-hydrogen) atoms.